The second-order valence-corrected chi connectivity index (χ2v) is 5.16. The van der Waals surface area contributed by atoms with Crippen molar-refractivity contribution in [2.75, 3.05) is 32.7 Å². The summed E-state index contributed by atoms with van der Waals surface area (Å²) in [4.78, 5) is 26.8. The molecule has 1 heterocycles. The van der Waals surface area contributed by atoms with Crippen molar-refractivity contribution in [1.82, 2.24) is 9.80 Å². The number of piperazine rings is 1. The number of Topliss-reactive ketones (excluding diaryl/α,β-unsaturated/α-hetero) is 1. The van der Waals surface area contributed by atoms with Crippen molar-refractivity contribution in [3.05, 3.63) is 34.9 Å². The molecule has 0 atom stereocenters. The molecule has 1 aromatic carbocycles. The number of hydrogen-bond donors (Lipinski definition) is 0. The fourth-order valence-corrected chi connectivity index (χ4v) is 2.44. The van der Waals surface area contributed by atoms with Crippen molar-refractivity contribution in [3.63, 3.8) is 0 Å². The van der Waals surface area contributed by atoms with E-state index in [1.165, 1.54) is 5.56 Å². The van der Waals surface area contributed by atoms with Crippen LogP contribution in [0.2, 0.25) is 0 Å². The maximum atomic E-state index is 12.3. The van der Waals surface area contributed by atoms with Gasteiger partial charge in [0.25, 0.3) is 0 Å². The molecule has 2 rings (SSSR count). The summed E-state index contributed by atoms with van der Waals surface area (Å²) >= 11 is 0. The highest BCUT2D eigenvalue weighted by Crippen LogP contribution is 2.12. The Morgan fingerprint density at radius 3 is 2.47 bits per heavy atom. The van der Waals surface area contributed by atoms with Crippen molar-refractivity contribution in [3.8, 4) is 0 Å². The Kier molecular flexibility index (Phi) is 4.32. The average Bonchev–Trinajstić information content (AvgIpc) is 2.39. The Labute approximate surface area is 114 Å². The number of nitrogens with zero attached hydrogens (tertiary/aromatic N) is 2. The summed E-state index contributed by atoms with van der Waals surface area (Å²) in [6, 6.07) is 5.93. The van der Waals surface area contributed by atoms with Gasteiger partial charge in [0.05, 0.1) is 6.54 Å². The summed E-state index contributed by atoms with van der Waals surface area (Å²) in [5, 5.41) is 0. The van der Waals surface area contributed by atoms with E-state index < -0.39 is 0 Å². The van der Waals surface area contributed by atoms with E-state index in [0.717, 1.165) is 30.6 Å². The first-order valence-corrected chi connectivity index (χ1v) is 6.62. The van der Waals surface area contributed by atoms with E-state index in [0.29, 0.717) is 19.6 Å². The SMILES string of the molecule is Cc1ccc(C(=O)CN2CCN(C=O)CC2)c(C)c1. The van der Waals surface area contributed by atoms with Crippen LogP contribution in [0.15, 0.2) is 18.2 Å². The van der Waals surface area contributed by atoms with Crippen LogP contribution in [-0.4, -0.2) is 54.7 Å². The maximum absolute atomic E-state index is 12.3. The van der Waals surface area contributed by atoms with E-state index >= 15 is 0 Å². The van der Waals surface area contributed by atoms with Crippen molar-refractivity contribution in [1.29, 1.82) is 0 Å². The molecule has 1 aromatic rings. The topological polar surface area (TPSA) is 40.6 Å². The van der Waals surface area contributed by atoms with Gasteiger partial charge in [0.1, 0.15) is 0 Å². The van der Waals surface area contributed by atoms with Crippen LogP contribution in [0.5, 0.6) is 0 Å². The van der Waals surface area contributed by atoms with Gasteiger partial charge in [0, 0.05) is 31.7 Å². The Balaban J connectivity index is 1.96. The zero-order valence-electron chi connectivity index (χ0n) is 11.6. The molecule has 4 heteroatoms. The van der Waals surface area contributed by atoms with Gasteiger partial charge >= 0.3 is 0 Å². The molecule has 102 valence electrons. The fraction of sp³-hybridized carbons (Fsp3) is 0.467. The normalized spacial score (nSPS) is 16.4. The summed E-state index contributed by atoms with van der Waals surface area (Å²) < 4.78 is 0. The van der Waals surface area contributed by atoms with Crippen LogP contribution < -0.4 is 0 Å². The third-order valence-corrected chi connectivity index (χ3v) is 3.61. The number of carbonyl (C=O) groups excluding carboxylic acids is 2. The van der Waals surface area contributed by atoms with Crippen molar-refractivity contribution >= 4 is 12.2 Å². The van der Waals surface area contributed by atoms with E-state index in [1.54, 1.807) is 4.90 Å². The fourth-order valence-electron chi connectivity index (χ4n) is 2.44. The molecule has 1 aliphatic heterocycles. The van der Waals surface area contributed by atoms with Crippen LogP contribution in [0, 0.1) is 13.8 Å². The third-order valence-electron chi connectivity index (χ3n) is 3.61. The van der Waals surface area contributed by atoms with Gasteiger partial charge in [-0.3, -0.25) is 14.5 Å². The van der Waals surface area contributed by atoms with Crippen LogP contribution in [0.25, 0.3) is 0 Å². The van der Waals surface area contributed by atoms with Crippen LogP contribution in [0.4, 0.5) is 0 Å². The number of amides is 1. The molecule has 19 heavy (non-hydrogen) atoms. The molecule has 4 nitrogen and oxygen atoms in total. The predicted molar refractivity (Wildman–Crippen MR) is 74.3 cm³/mol. The van der Waals surface area contributed by atoms with Crippen LogP contribution in [-0.2, 0) is 4.79 Å². The Morgan fingerprint density at radius 1 is 1.21 bits per heavy atom. The number of aryl methyl sites for hydroxylation is 2. The minimum Gasteiger partial charge on any atom is -0.343 e. The zero-order chi connectivity index (χ0) is 13.8. The quantitative estimate of drug-likeness (QED) is 0.604. The minimum atomic E-state index is 0.164. The molecule has 0 bridgehead atoms. The molecule has 0 aromatic heterocycles. The smallest absolute Gasteiger partial charge is 0.209 e. The van der Waals surface area contributed by atoms with Gasteiger partial charge in [0.15, 0.2) is 5.78 Å². The number of ketones is 1. The second-order valence-electron chi connectivity index (χ2n) is 5.16. The molecule has 1 amide bonds. The first-order valence-electron chi connectivity index (χ1n) is 6.62. The average molecular weight is 260 g/mol. The molecule has 0 spiro atoms. The number of benzene rings is 1. The summed E-state index contributed by atoms with van der Waals surface area (Å²) in [6.07, 6.45) is 0.878. The van der Waals surface area contributed by atoms with Crippen LogP contribution >= 0.6 is 0 Å². The first kappa shape index (κ1) is 13.7. The highest BCUT2D eigenvalue weighted by molar-refractivity contribution is 5.99. The molecule has 0 radical (unpaired) electrons. The zero-order valence-corrected chi connectivity index (χ0v) is 11.6. The monoisotopic (exact) mass is 260 g/mol. The standard InChI is InChI=1S/C15H20N2O2/c1-12-3-4-14(13(2)9-12)15(19)10-16-5-7-17(11-18)8-6-16/h3-4,9,11H,5-8,10H2,1-2H3. The predicted octanol–water partition coefficient (Wildman–Crippen LogP) is 1.26. The molecular weight excluding hydrogens is 240 g/mol. The van der Waals surface area contributed by atoms with E-state index in [2.05, 4.69) is 4.90 Å². The summed E-state index contributed by atoms with van der Waals surface area (Å²) in [7, 11) is 0. The van der Waals surface area contributed by atoms with Crippen LogP contribution in [0.1, 0.15) is 21.5 Å². The van der Waals surface area contributed by atoms with Gasteiger partial charge in [-0.25, -0.2) is 0 Å². The lowest BCUT2D eigenvalue weighted by Gasteiger charge is -2.32. The third kappa shape index (κ3) is 3.41. The van der Waals surface area contributed by atoms with Crippen molar-refractivity contribution in [2.24, 2.45) is 0 Å². The Bertz CT molecular complexity index is 477. The molecule has 0 N–H and O–H groups in total. The number of carbonyl (C=O) groups is 2. The summed E-state index contributed by atoms with van der Waals surface area (Å²) in [5.41, 5.74) is 3.02. The maximum Gasteiger partial charge on any atom is 0.209 e. The largest absolute Gasteiger partial charge is 0.343 e. The molecule has 1 aliphatic rings. The van der Waals surface area contributed by atoms with Crippen molar-refractivity contribution < 1.29 is 9.59 Å². The lowest BCUT2D eigenvalue weighted by molar-refractivity contribution is -0.119. The Hall–Kier alpha value is -1.68. The van der Waals surface area contributed by atoms with Crippen molar-refractivity contribution in [2.45, 2.75) is 13.8 Å². The Morgan fingerprint density at radius 2 is 1.89 bits per heavy atom. The lowest BCUT2D eigenvalue weighted by atomic mass is 10.0. The van der Waals surface area contributed by atoms with E-state index in [1.807, 2.05) is 32.0 Å². The number of rotatable bonds is 4. The van der Waals surface area contributed by atoms with Gasteiger partial charge in [-0.1, -0.05) is 23.8 Å². The van der Waals surface area contributed by atoms with E-state index in [9.17, 15) is 9.59 Å². The van der Waals surface area contributed by atoms with Gasteiger partial charge in [-0.2, -0.15) is 0 Å². The van der Waals surface area contributed by atoms with E-state index in [4.69, 9.17) is 0 Å². The molecule has 1 fully saturated rings. The minimum absolute atomic E-state index is 0.164. The van der Waals surface area contributed by atoms with Gasteiger partial charge in [0.2, 0.25) is 6.41 Å². The second kappa shape index (κ2) is 5.97. The van der Waals surface area contributed by atoms with Gasteiger partial charge in [-0.05, 0) is 19.4 Å². The number of hydrogen-bond acceptors (Lipinski definition) is 3. The first-order chi connectivity index (χ1) is 9.10. The molecule has 1 saturated heterocycles. The van der Waals surface area contributed by atoms with E-state index in [-0.39, 0.29) is 5.78 Å². The summed E-state index contributed by atoms with van der Waals surface area (Å²) in [5.74, 6) is 0.164. The highest BCUT2D eigenvalue weighted by Gasteiger charge is 2.19. The highest BCUT2D eigenvalue weighted by atomic mass is 16.1. The van der Waals surface area contributed by atoms with Crippen LogP contribution in [0.3, 0.4) is 0 Å². The molecule has 0 unspecified atom stereocenters. The van der Waals surface area contributed by atoms with Gasteiger partial charge < -0.3 is 4.90 Å². The molecule has 0 aliphatic carbocycles. The molecular formula is C15H20N2O2. The summed E-state index contributed by atoms with van der Waals surface area (Å²) in [6.45, 7) is 7.42. The van der Waals surface area contributed by atoms with Gasteiger partial charge in [-0.15, -0.1) is 0 Å². The molecule has 0 saturated carbocycles. The lowest BCUT2D eigenvalue weighted by Crippen LogP contribution is -2.47.